The van der Waals surface area contributed by atoms with E-state index in [1.807, 2.05) is 42.5 Å². The van der Waals surface area contributed by atoms with Gasteiger partial charge >= 0.3 is 0 Å². The van der Waals surface area contributed by atoms with E-state index in [2.05, 4.69) is 36.5 Å². The van der Waals surface area contributed by atoms with Gasteiger partial charge in [0, 0.05) is 12.3 Å². The van der Waals surface area contributed by atoms with Crippen molar-refractivity contribution in [3.63, 3.8) is 0 Å². The maximum atomic E-state index is 11.7. The summed E-state index contributed by atoms with van der Waals surface area (Å²) in [5.41, 5.74) is 3.52. The molecular weight excluding hydrogens is 278 g/mol. The smallest absolute Gasteiger partial charge is 0.279 e. The van der Waals surface area contributed by atoms with Crippen LogP contribution in [0.4, 0.5) is 4.79 Å². The summed E-state index contributed by atoms with van der Waals surface area (Å²) in [7, 11) is 0. The summed E-state index contributed by atoms with van der Waals surface area (Å²) in [5, 5.41) is 2.90. The maximum absolute atomic E-state index is 11.7. The summed E-state index contributed by atoms with van der Waals surface area (Å²) in [6, 6.07) is 18.2. The summed E-state index contributed by atoms with van der Waals surface area (Å²) in [5.74, 6) is 0.675. The standard InChI is InChI=1S/C18H19NOS/c1-15-9-11-16(12-10-15)8-5-13-21-18(20)19-14-17-6-3-2-4-7-17/h2-12H,13-14H2,1H3,(H,19,20)/b8-5+. The zero-order valence-corrected chi connectivity index (χ0v) is 12.9. The molecule has 2 aromatic carbocycles. The molecular formula is C18H19NOS. The highest BCUT2D eigenvalue weighted by Gasteiger charge is 1.99. The van der Waals surface area contributed by atoms with Gasteiger partial charge in [-0.25, -0.2) is 0 Å². The molecule has 0 aliphatic heterocycles. The van der Waals surface area contributed by atoms with E-state index in [1.54, 1.807) is 0 Å². The largest absolute Gasteiger partial charge is 0.343 e. The van der Waals surface area contributed by atoms with Gasteiger partial charge in [0.2, 0.25) is 0 Å². The monoisotopic (exact) mass is 297 g/mol. The van der Waals surface area contributed by atoms with Crippen LogP contribution in [0.25, 0.3) is 6.08 Å². The first-order valence-corrected chi connectivity index (χ1v) is 7.90. The average molecular weight is 297 g/mol. The van der Waals surface area contributed by atoms with E-state index >= 15 is 0 Å². The lowest BCUT2D eigenvalue weighted by molar-refractivity contribution is 0.260. The topological polar surface area (TPSA) is 29.1 Å². The van der Waals surface area contributed by atoms with Gasteiger partial charge < -0.3 is 5.32 Å². The summed E-state index contributed by atoms with van der Waals surface area (Å²) >= 11 is 1.28. The molecule has 0 spiro atoms. The number of nitrogens with one attached hydrogen (secondary N) is 1. The van der Waals surface area contributed by atoms with Crippen molar-refractivity contribution < 1.29 is 4.79 Å². The Balaban J connectivity index is 1.68. The van der Waals surface area contributed by atoms with Crippen molar-refractivity contribution in [2.75, 3.05) is 5.75 Å². The molecule has 0 aliphatic carbocycles. The number of hydrogen-bond donors (Lipinski definition) is 1. The molecule has 0 atom stereocenters. The minimum absolute atomic E-state index is 0.00686. The first-order valence-electron chi connectivity index (χ1n) is 6.92. The highest BCUT2D eigenvalue weighted by molar-refractivity contribution is 8.13. The van der Waals surface area contributed by atoms with Crippen molar-refractivity contribution in [2.45, 2.75) is 13.5 Å². The van der Waals surface area contributed by atoms with Crippen molar-refractivity contribution in [3.05, 3.63) is 77.4 Å². The van der Waals surface area contributed by atoms with Crippen LogP contribution in [0, 0.1) is 6.92 Å². The Hall–Kier alpha value is -2.00. The Bertz CT molecular complexity index is 590. The molecule has 0 fully saturated rings. The van der Waals surface area contributed by atoms with Crippen molar-refractivity contribution in [2.24, 2.45) is 0 Å². The van der Waals surface area contributed by atoms with Crippen LogP contribution in [-0.4, -0.2) is 11.0 Å². The second kappa shape index (κ2) is 8.32. The quantitative estimate of drug-likeness (QED) is 0.870. The third-order valence-electron chi connectivity index (χ3n) is 2.98. The predicted molar refractivity (Wildman–Crippen MR) is 91.3 cm³/mol. The molecule has 0 heterocycles. The predicted octanol–water partition coefficient (Wildman–Crippen LogP) is 4.65. The number of thioether (sulfide) groups is 1. The second-order valence-electron chi connectivity index (χ2n) is 4.75. The highest BCUT2D eigenvalue weighted by atomic mass is 32.2. The molecule has 2 rings (SSSR count). The molecule has 21 heavy (non-hydrogen) atoms. The van der Waals surface area contributed by atoms with Crippen LogP contribution in [0.5, 0.6) is 0 Å². The molecule has 0 saturated heterocycles. The van der Waals surface area contributed by atoms with Crippen molar-refractivity contribution in [1.29, 1.82) is 0 Å². The SMILES string of the molecule is Cc1ccc(/C=C/CSC(=O)NCc2ccccc2)cc1. The summed E-state index contributed by atoms with van der Waals surface area (Å²) in [4.78, 5) is 11.7. The zero-order chi connectivity index (χ0) is 14.9. The van der Waals surface area contributed by atoms with Gasteiger partial charge in [0.05, 0.1) is 0 Å². The van der Waals surface area contributed by atoms with E-state index in [4.69, 9.17) is 0 Å². The molecule has 1 amide bonds. The number of benzene rings is 2. The molecule has 2 nitrogen and oxygen atoms in total. The Morgan fingerprint density at radius 3 is 2.52 bits per heavy atom. The van der Waals surface area contributed by atoms with Crippen molar-refractivity contribution >= 4 is 23.1 Å². The van der Waals surface area contributed by atoms with Crippen LogP contribution < -0.4 is 5.32 Å². The van der Waals surface area contributed by atoms with Crippen LogP contribution in [0.3, 0.4) is 0 Å². The average Bonchev–Trinajstić information content (AvgIpc) is 2.52. The Morgan fingerprint density at radius 2 is 1.81 bits per heavy atom. The Kier molecular flexibility index (Phi) is 6.10. The van der Waals surface area contributed by atoms with E-state index in [-0.39, 0.29) is 5.24 Å². The molecule has 0 aromatic heterocycles. The fraction of sp³-hybridized carbons (Fsp3) is 0.167. The minimum Gasteiger partial charge on any atom is -0.343 e. The number of amides is 1. The van der Waals surface area contributed by atoms with Crippen LogP contribution in [0.15, 0.2) is 60.7 Å². The first kappa shape index (κ1) is 15.4. The van der Waals surface area contributed by atoms with Gasteiger partial charge in [-0.2, -0.15) is 0 Å². The van der Waals surface area contributed by atoms with Crippen LogP contribution in [-0.2, 0) is 6.54 Å². The number of aryl methyl sites for hydroxylation is 1. The number of hydrogen-bond acceptors (Lipinski definition) is 2. The number of rotatable bonds is 5. The lowest BCUT2D eigenvalue weighted by atomic mass is 10.1. The molecule has 3 heteroatoms. The maximum Gasteiger partial charge on any atom is 0.279 e. The molecule has 0 radical (unpaired) electrons. The molecule has 1 N–H and O–H groups in total. The van der Waals surface area contributed by atoms with Crippen LogP contribution in [0.2, 0.25) is 0 Å². The van der Waals surface area contributed by atoms with Crippen LogP contribution in [0.1, 0.15) is 16.7 Å². The first-order chi connectivity index (χ1) is 10.2. The van der Waals surface area contributed by atoms with Gasteiger partial charge in [0.25, 0.3) is 5.24 Å². The van der Waals surface area contributed by atoms with E-state index < -0.39 is 0 Å². The summed E-state index contributed by atoms with van der Waals surface area (Å²) < 4.78 is 0. The fourth-order valence-electron chi connectivity index (χ4n) is 1.81. The van der Waals surface area contributed by atoms with Gasteiger partial charge in [-0.15, -0.1) is 0 Å². The Labute approximate surface area is 130 Å². The van der Waals surface area contributed by atoms with Gasteiger partial charge in [-0.05, 0) is 18.1 Å². The van der Waals surface area contributed by atoms with Crippen molar-refractivity contribution in [3.8, 4) is 0 Å². The molecule has 0 unspecified atom stereocenters. The van der Waals surface area contributed by atoms with E-state index in [9.17, 15) is 4.79 Å². The van der Waals surface area contributed by atoms with E-state index in [0.717, 1.165) is 11.1 Å². The number of carbonyl (C=O) groups excluding carboxylic acids is 1. The zero-order valence-electron chi connectivity index (χ0n) is 12.1. The molecule has 108 valence electrons. The highest BCUT2D eigenvalue weighted by Crippen LogP contribution is 2.08. The van der Waals surface area contributed by atoms with Gasteiger partial charge in [0.1, 0.15) is 0 Å². The lowest BCUT2D eigenvalue weighted by Gasteiger charge is -2.03. The van der Waals surface area contributed by atoms with Crippen LogP contribution >= 0.6 is 11.8 Å². The molecule has 0 saturated carbocycles. The Morgan fingerprint density at radius 1 is 1.10 bits per heavy atom. The lowest BCUT2D eigenvalue weighted by Crippen LogP contribution is -2.17. The minimum atomic E-state index is 0.00686. The fourth-order valence-corrected chi connectivity index (χ4v) is 2.32. The van der Waals surface area contributed by atoms with E-state index in [1.165, 1.54) is 17.3 Å². The summed E-state index contributed by atoms with van der Waals surface area (Å²) in [6.45, 7) is 2.65. The van der Waals surface area contributed by atoms with Gasteiger partial charge in [0.15, 0.2) is 0 Å². The third kappa shape index (κ3) is 5.88. The normalized spacial score (nSPS) is 10.7. The molecule has 0 aliphatic rings. The van der Waals surface area contributed by atoms with Gasteiger partial charge in [-0.1, -0.05) is 84.1 Å². The third-order valence-corrected chi connectivity index (χ3v) is 3.74. The van der Waals surface area contributed by atoms with Gasteiger partial charge in [-0.3, -0.25) is 4.79 Å². The summed E-state index contributed by atoms with van der Waals surface area (Å²) in [6.07, 6.45) is 4.05. The molecule has 0 bridgehead atoms. The molecule has 2 aromatic rings. The van der Waals surface area contributed by atoms with Crippen molar-refractivity contribution in [1.82, 2.24) is 5.32 Å². The van der Waals surface area contributed by atoms with E-state index in [0.29, 0.717) is 12.3 Å². The second-order valence-corrected chi connectivity index (χ2v) is 5.74. The number of carbonyl (C=O) groups is 1.